The molecule has 0 bridgehead atoms. The van der Waals surface area contributed by atoms with Gasteiger partial charge in [0.2, 0.25) is 0 Å². The van der Waals surface area contributed by atoms with Gasteiger partial charge in [0.05, 0.1) is 6.61 Å². The van der Waals surface area contributed by atoms with Crippen molar-refractivity contribution in [2.45, 2.75) is 6.92 Å². The smallest absolute Gasteiger partial charge is 0.320 e. The van der Waals surface area contributed by atoms with E-state index in [9.17, 15) is 4.79 Å². The van der Waals surface area contributed by atoms with Crippen molar-refractivity contribution in [1.29, 1.82) is 0 Å². The van der Waals surface area contributed by atoms with Crippen LogP contribution in [0.25, 0.3) is 0 Å². The molecule has 114 valence electrons. The lowest BCUT2D eigenvalue weighted by atomic mass is 10.3. The maximum absolute atomic E-state index is 11.9. The summed E-state index contributed by atoms with van der Waals surface area (Å²) in [5.41, 5.74) is 0. The van der Waals surface area contributed by atoms with Gasteiger partial charge in [0.25, 0.3) is 0 Å². The minimum atomic E-state index is -0.222. The van der Waals surface area contributed by atoms with E-state index in [1.807, 2.05) is 19.1 Å². The molecule has 0 fully saturated rings. The van der Waals surface area contributed by atoms with Crippen LogP contribution in [0, 0.1) is 0 Å². The van der Waals surface area contributed by atoms with Crippen molar-refractivity contribution in [3.63, 3.8) is 0 Å². The molecule has 2 amide bonds. The molecule has 0 aliphatic rings. The number of benzene rings is 1. The lowest BCUT2D eigenvalue weighted by molar-refractivity contribution is 0.193. The summed E-state index contributed by atoms with van der Waals surface area (Å²) in [5.74, 6) is 1.45. The Labute approximate surface area is 125 Å². The molecule has 0 heterocycles. The normalized spacial score (nSPS) is 9.57. The highest BCUT2D eigenvalue weighted by atomic mass is 16.5. The molecule has 1 rings (SSSR count). The Balaban J connectivity index is 2.39. The topological polar surface area (TPSA) is 50.8 Å². The Morgan fingerprint density at radius 2 is 1.67 bits per heavy atom. The van der Waals surface area contributed by atoms with E-state index in [2.05, 4.69) is 18.5 Å². The van der Waals surface area contributed by atoms with Gasteiger partial charge in [0, 0.05) is 13.1 Å². The van der Waals surface area contributed by atoms with Gasteiger partial charge in [-0.3, -0.25) is 0 Å². The summed E-state index contributed by atoms with van der Waals surface area (Å²) in [6.45, 7) is 10.8. The SMILES string of the molecule is C=CCN(CC=C)C(=O)NCOc1ccc(OCC)cc1. The zero-order chi connectivity index (χ0) is 15.5. The summed E-state index contributed by atoms with van der Waals surface area (Å²) < 4.78 is 10.8. The van der Waals surface area contributed by atoms with Crippen LogP contribution < -0.4 is 14.8 Å². The molecular weight excluding hydrogens is 268 g/mol. The van der Waals surface area contributed by atoms with E-state index >= 15 is 0 Å². The number of ether oxygens (including phenoxy) is 2. The number of nitrogens with one attached hydrogen (secondary N) is 1. The second kappa shape index (κ2) is 9.47. The highest BCUT2D eigenvalue weighted by Gasteiger charge is 2.09. The Morgan fingerprint density at radius 3 is 2.14 bits per heavy atom. The van der Waals surface area contributed by atoms with E-state index in [1.165, 1.54) is 0 Å². The third-order valence-corrected chi connectivity index (χ3v) is 2.58. The standard InChI is InChI=1S/C16H22N2O3/c1-4-11-18(12-5-2)16(19)17-13-21-15-9-7-14(8-10-15)20-6-3/h4-5,7-10H,1-2,6,11-13H2,3H3,(H,17,19). The minimum Gasteiger partial charge on any atom is -0.494 e. The highest BCUT2D eigenvalue weighted by Crippen LogP contribution is 2.17. The summed E-state index contributed by atoms with van der Waals surface area (Å²) >= 11 is 0. The van der Waals surface area contributed by atoms with Crippen LogP contribution in [-0.4, -0.2) is 37.4 Å². The third-order valence-electron chi connectivity index (χ3n) is 2.58. The molecule has 5 nitrogen and oxygen atoms in total. The lowest BCUT2D eigenvalue weighted by Gasteiger charge is -2.19. The summed E-state index contributed by atoms with van der Waals surface area (Å²) in [4.78, 5) is 13.4. The van der Waals surface area contributed by atoms with Gasteiger partial charge >= 0.3 is 6.03 Å². The van der Waals surface area contributed by atoms with Crippen LogP contribution in [0.15, 0.2) is 49.6 Å². The molecule has 0 unspecified atom stereocenters. The van der Waals surface area contributed by atoms with Crippen LogP contribution in [-0.2, 0) is 0 Å². The fourth-order valence-corrected chi connectivity index (χ4v) is 1.64. The summed E-state index contributed by atoms with van der Waals surface area (Å²) in [5, 5.41) is 2.68. The van der Waals surface area contributed by atoms with Crippen molar-refractivity contribution in [2.75, 3.05) is 26.4 Å². The minimum absolute atomic E-state index is 0.0948. The number of rotatable bonds is 9. The highest BCUT2D eigenvalue weighted by molar-refractivity contribution is 5.74. The van der Waals surface area contributed by atoms with Gasteiger partial charge in [-0.15, -0.1) is 13.2 Å². The number of carbonyl (C=O) groups is 1. The first kappa shape index (κ1) is 16.6. The van der Waals surface area contributed by atoms with E-state index < -0.39 is 0 Å². The number of urea groups is 1. The van der Waals surface area contributed by atoms with Crippen LogP contribution in [0.4, 0.5) is 4.79 Å². The molecule has 0 atom stereocenters. The molecule has 5 heteroatoms. The summed E-state index contributed by atoms with van der Waals surface area (Å²) in [7, 11) is 0. The Kier molecular flexibility index (Phi) is 7.50. The van der Waals surface area contributed by atoms with E-state index in [0.717, 1.165) is 5.75 Å². The van der Waals surface area contributed by atoms with Gasteiger partial charge in [-0.1, -0.05) is 12.2 Å². The Hall–Kier alpha value is -2.43. The van der Waals surface area contributed by atoms with Crippen molar-refractivity contribution in [3.8, 4) is 11.5 Å². The van der Waals surface area contributed by atoms with Crippen LogP contribution in [0.2, 0.25) is 0 Å². The van der Waals surface area contributed by atoms with Gasteiger partial charge in [-0.25, -0.2) is 4.79 Å². The fourth-order valence-electron chi connectivity index (χ4n) is 1.64. The van der Waals surface area contributed by atoms with Crippen LogP contribution in [0.1, 0.15) is 6.92 Å². The van der Waals surface area contributed by atoms with Crippen molar-refractivity contribution in [3.05, 3.63) is 49.6 Å². The Morgan fingerprint density at radius 1 is 1.14 bits per heavy atom. The molecule has 0 saturated carbocycles. The van der Waals surface area contributed by atoms with Crippen molar-refractivity contribution < 1.29 is 14.3 Å². The summed E-state index contributed by atoms with van der Waals surface area (Å²) in [6.07, 6.45) is 3.33. The Bertz CT molecular complexity index is 447. The number of carbonyl (C=O) groups excluding carboxylic acids is 1. The van der Waals surface area contributed by atoms with Crippen molar-refractivity contribution >= 4 is 6.03 Å². The lowest BCUT2D eigenvalue weighted by Crippen LogP contribution is -2.41. The maximum atomic E-state index is 11.9. The second-order valence-electron chi connectivity index (χ2n) is 4.16. The molecule has 0 aliphatic carbocycles. The molecule has 0 radical (unpaired) electrons. The van der Waals surface area contributed by atoms with E-state index in [0.29, 0.717) is 25.4 Å². The maximum Gasteiger partial charge on any atom is 0.320 e. The zero-order valence-corrected chi connectivity index (χ0v) is 12.4. The molecule has 1 N–H and O–H groups in total. The van der Waals surface area contributed by atoms with Crippen molar-refractivity contribution in [2.24, 2.45) is 0 Å². The quantitative estimate of drug-likeness (QED) is 0.562. The third kappa shape index (κ3) is 6.03. The number of hydrogen-bond acceptors (Lipinski definition) is 3. The fraction of sp³-hybridized carbons (Fsp3) is 0.312. The molecule has 1 aromatic rings. The number of nitrogens with zero attached hydrogens (tertiary/aromatic N) is 1. The molecule has 0 aliphatic heterocycles. The van der Waals surface area contributed by atoms with Gasteiger partial charge in [-0.05, 0) is 31.2 Å². The number of amides is 2. The number of hydrogen-bond donors (Lipinski definition) is 1. The summed E-state index contributed by atoms with van der Waals surface area (Å²) in [6, 6.07) is 7.01. The predicted molar refractivity (Wildman–Crippen MR) is 83.6 cm³/mol. The largest absolute Gasteiger partial charge is 0.494 e. The average Bonchev–Trinajstić information content (AvgIpc) is 2.49. The van der Waals surface area contributed by atoms with Crippen LogP contribution in [0.5, 0.6) is 11.5 Å². The first-order valence-corrected chi connectivity index (χ1v) is 6.81. The van der Waals surface area contributed by atoms with E-state index in [4.69, 9.17) is 9.47 Å². The van der Waals surface area contributed by atoms with Crippen molar-refractivity contribution in [1.82, 2.24) is 10.2 Å². The predicted octanol–water partition coefficient (Wildman–Crippen LogP) is 2.81. The van der Waals surface area contributed by atoms with Gasteiger partial charge in [-0.2, -0.15) is 0 Å². The first-order valence-electron chi connectivity index (χ1n) is 6.81. The van der Waals surface area contributed by atoms with Gasteiger partial charge in [0.1, 0.15) is 11.5 Å². The van der Waals surface area contributed by atoms with Gasteiger partial charge < -0.3 is 19.7 Å². The van der Waals surface area contributed by atoms with Gasteiger partial charge in [0.15, 0.2) is 6.73 Å². The monoisotopic (exact) mass is 290 g/mol. The average molecular weight is 290 g/mol. The molecule has 0 aromatic heterocycles. The molecule has 0 spiro atoms. The molecule has 21 heavy (non-hydrogen) atoms. The molecule has 0 saturated heterocycles. The van der Waals surface area contributed by atoms with Crippen LogP contribution >= 0.6 is 0 Å². The zero-order valence-electron chi connectivity index (χ0n) is 12.4. The van der Waals surface area contributed by atoms with Crippen LogP contribution in [0.3, 0.4) is 0 Å². The molecule has 1 aromatic carbocycles. The van der Waals surface area contributed by atoms with E-state index in [-0.39, 0.29) is 12.8 Å². The van der Waals surface area contributed by atoms with E-state index in [1.54, 1.807) is 29.2 Å². The molecular formula is C16H22N2O3. The second-order valence-corrected chi connectivity index (χ2v) is 4.16. The first-order chi connectivity index (χ1) is 10.2.